The van der Waals surface area contributed by atoms with Crippen molar-refractivity contribution in [2.24, 2.45) is 5.16 Å². The summed E-state index contributed by atoms with van der Waals surface area (Å²) in [6.45, 7) is 0. The van der Waals surface area contributed by atoms with Gasteiger partial charge in [-0.05, 0) is 12.1 Å². The van der Waals surface area contributed by atoms with Gasteiger partial charge < -0.3 is 14.5 Å². The van der Waals surface area contributed by atoms with E-state index >= 15 is 0 Å². The molecule has 1 aromatic heterocycles. The molecule has 1 aliphatic rings. The number of hydrogen-bond donors (Lipinski definition) is 1. The van der Waals surface area contributed by atoms with Gasteiger partial charge in [0.1, 0.15) is 0 Å². The van der Waals surface area contributed by atoms with E-state index in [2.05, 4.69) is 15.3 Å². The molecule has 1 aliphatic heterocycles. The maximum absolute atomic E-state index is 10.9. The lowest BCUT2D eigenvalue weighted by atomic mass is 10.1. The highest BCUT2D eigenvalue weighted by molar-refractivity contribution is 5.89. The van der Waals surface area contributed by atoms with Crippen molar-refractivity contribution in [3.05, 3.63) is 35.7 Å². The Morgan fingerprint density at radius 1 is 1.42 bits per heavy atom. The zero-order chi connectivity index (χ0) is 13.2. The highest BCUT2D eigenvalue weighted by Gasteiger charge is 2.23. The molecule has 96 valence electrons. The Morgan fingerprint density at radius 2 is 2.32 bits per heavy atom. The molecule has 1 aromatic carbocycles. The molecule has 0 bridgehead atoms. The third-order valence-electron chi connectivity index (χ3n) is 2.67. The van der Waals surface area contributed by atoms with Crippen molar-refractivity contribution in [2.45, 2.75) is 12.5 Å². The van der Waals surface area contributed by atoms with E-state index in [0.717, 1.165) is 0 Å². The van der Waals surface area contributed by atoms with E-state index in [4.69, 9.17) is 14.5 Å². The first-order valence-corrected chi connectivity index (χ1v) is 5.59. The number of oxime groups is 1. The second kappa shape index (κ2) is 4.52. The van der Waals surface area contributed by atoms with Crippen LogP contribution in [0.1, 0.15) is 28.8 Å². The van der Waals surface area contributed by atoms with Crippen LogP contribution in [0.2, 0.25) is 0 Å². The molecule has 2 aromatic rings. The van der Waals surface area contributed by atoms with Crippen molar-refractivity contribution in [1.29, 1.82) is 0 Å². The highest BCUT2D eigenvalue weighted by atomic mass is 16.7. The lowest BCUT2D eigenvalue weighted by Crippen LogP contribution is -1.97. The third-order valence-corrected chi connectivity index (χ3v) is 2.67. The van der Waals surface area contributed by atoms with Crippen LogP contribution in [0.5, 0.6) is 0 Å². The van der Waals surface area contributed by atoms with Crippen molar-refractivity contribution in [3.63, 3.8) is 0 Å². The zero-order valence-corrected chi connectivity index (χ0v) is 9.68. The number of carboxylic acid groups (broad SMARTS) is 1. The molecule has 0 spiro atoms. The SMILES string of the molecule is O=C(O)c1cccc(-c2noc(C3CC=NO3)n2)c1. The van der Waals surface area contributed by atoms with Gasteiger partial charge in [-0.3, -0.25) is 0 Å². The van der Waals surface area contributed by atoms with Crippen molar-refractivity contribution in [3.8, 4) is 11.4 Å². The van der Waals surface area contributed by atoms with E-state index in [1.54, 1.807) is 18.3 Å². The van der Waals surface area contributed by atoms with Gasteiger partial charge in [0.15, 0.2) is 0 Å². The predicted molar refractivity (Wildman–Crippen MR) is 63.6 cm³/mol. The Kier molecular flexibility index (Phi) is 2.71. The summed E-state index contributed by atoms with van der Waals surface area (Å²) in [5.74, 6) is -0.347. The Hall–Kier alpha value is -2.70. The molecule has 1 unspecified atom stereocenters. The Labute approximate surface area is 107 Å². The molecule has 7 heteroatoms. The third kappa shape index (κ3) is 2.17. The second-order valence-electron chi connectivity index (χ2n) is 3.96. The van der Waals surface area contributed by atoms with Crippen LogP contribution >= 0.6 is 0 Å². The van der Waals surface area contributed by atoms with Gasteiger partial charge in [-0.1, -0.05) is 22.4 Å². The van der Waals surface area contributed by atoms with Crippen LogP contribution in [0.25, 0.3) is 11.4 Å². The molecular weight excluding hydrogens is 250 g/mol. The molecule has 0 saturated heterocycles. The van der Waals surface area contributed by atoms with Crippen LogP contribution in [0.4, 0.5) is 0 Å². The molecule has 1 N–H and O–H groups in total. The lowest BCUT2D eigenvalue weighted by Gasteiger charge is -1.99. The standard InChI is InChI=1S/C12H9N3O4/c16-12(17)8-3-1-2-7(6-8)10-14-11(19-15-10)9-4-5-13-18-9/h1-3,5-6,9H,4H2,(H,16,17). The van der Waals surface area contributed by atoms with Crippen LogP contribution in [0, 0.1) is 0 Å². The summed E-state index contributed by atoms with van der Waals surface area (Å²) in [6.07, 6.45) is 1.85. The minimum atomic E-state index is -1.00. The summed E-state index contributed by atoms with van der Waals surface area (Å²) in [7, 11) is 0. The maximum Gasteiger partial charge on any atom is 0.335 e. The second-order valence-corrected chi connectivity index (χ2v) is 3.96. The molecular formula is C12H9N3O4. The van der Waals surface area contributed by atoms with Crippen LogP contribution in [-0.2, 0) is 4.84 Å². The number of hydrogen-bond acceptors (Lipinski definition) is 6. The number of rotatable bonds is 3. The predicted octanol–water partition coefficient (Wildman–Crippen LogP) is 1.88. The Balaban J connectivity index is 1.90. The van der Waals surface area contributed by atoms with Crippen molar-refractivity contribution < 1.29 is 19.3 Å². The smallest absolute Gasteiger partial charge is 0.335 e. The number of aromatic nitrogens is 2. The van der Waals surface area contributed by atoms with Gasteiger partial charge >= 0.3 is 5.97 Å². The average molecular weight is 259 g/mol. The quantitative estimate of drug-likeness (QED) is 0.903. The minimum absolute atomic E-state index is 0.171. The topological polar surface area (TPSA) is 97.8 Å². The highest BCUT2D eigenvalue weighted by Crippen LogP contribution is 2.25. The normalized spacial score (nSPS) is 17.4. The number of aromatic carboxylic acids is 1. The summed E-state index contributed by atoms with van der Waals surface area (Å²) in [4.78, 5) is 20.1. The number of nitrogens with zero attached hydrogens (tertiary/aromatic N) is 3. The summed E-state index contributed by atoms with van der Waals surface area (Å²) in [5.41, 5.74) is 0.748. The summed E-state index contributed by atoms with van der Waals surface area (Å²) in [5, 5.41) is 16.4. The summed E-state index contributed by atoms with van der Waals surface area (Å²) >= 11 is 0. The number of carbonyl (C=O) groups is 1. The first-order valence-electron chi connectivity index (χ1n) is 5.59. The molecule has 0 fully saturated rings. The molecule has 7 nitrogen and oxygen atoms in total. The average Bonchev–Trinajstić information content (AvgIpc) is 3.09. The molecule has 1 atom stereocenters. The van der Waals surface area contributed by atoms with Gasteiger partial charge in [0, 0.05) is 18.2 Å². The first kappa shape index (κ1) is 11.4. The van der Waals surface area contributed by atoms with Gasteiger partial charge in [0.05, 0.1) is 5.56 Å². The van der Waals surface area contributed by atoms with Gasteiger partial charge in [-0.2, -0.15) is 4.98 Å². The summed E-state index contributed by atoms with van der Waals surface area (Å²) < 4.78 is 5.09. The number of benzene rings is 1. The molecule has 0 radical (unpaired) electrons. The molecule has 0 amide bonds. The molecule has 0 saturated carbocycles. The van der Waals surface area contributed by atoms with Gasteiger partial charge in [0.25, 0.3) is 5.89 Å². The lowest BCUT2D eigenvalue weighted by molar-refractivity contribution is 0.0600. The van der Waals surface area contributed by atoms with E-state index in [-0.39, 0.29) is 11.7 Å². The molecule has 2 heterocycles. The van der Waals surface area contributed by atoms with Gasteiger partial charge in [-0.25, -0.2) is 4.79 Å². The van der Waals surface area contributed by atoms with Gasteiger partial charge in [-0.15, -0.1) is 0 Å². The largest absolute Gasteiger partial charge is 0.478 e. The van der Waals surface area contributed by atoms with Crippen LogP contribution < -0.4 is 0 Å². The van der Waals surface area contributed by atoms with E-state index in [1.807, 2.05) is 0 Å². The van der Waals surface area contributed by atoms with E-state index in [9.17, 15) is 4.79 Å². The molecule has 0 aliphatic carbocycles. The number of carboxylic acids is 1. The Bertz CT molecular complexity index is 642. The fraction of sp³-hybridized carbons (Fsp3) is 0.167. The van der Waals surface area contributed by atoms with Crippen LogP contribution in [0.15, 0.2) is 33.9 Å². The van der Waals surface area contributed by atoms with Crippen LogP contribution in [0.3, 0.4) is 0 Å². The monoisotopic (exact) mass is 259 g/mol. The molecule has 3 rings (SSSR count). The Morgan fingerprint density at radius 3 is 3.05 bits per heavy atom. The molecule has 19 heavy (non-hydrogen) atoms. The minimum Gasteiger partial charge on any atom is -0.478 e. The van der Waals surface area contributed by atoms with Crippen molar-refractivity contribution in [1.82, 2.24) is 10.1 Å². The zero-order valence-electron chi connectivity index (χ0n) is 9.68. The van der Waals surface area contributed by atoms with Crippen molar-refractivity contribution in [2.75, 3.05) is 0 Å². The summed E-state index contributed by atoms with van der Waals surface area (Å²) in [6, 6.07) is 6.33. The van der Waals surface area contributed by atoms with E-state index in [1.165, 1.54) is 12.1 Å². The first-order chi connectivity index (χ1) is 9.24. The van der Waals surface area contributed by atoms with E-state index in [0.29, 0.717) is 23.7 Å². The maximum atomic E-state index is 10.9. The van der Waals surface area contributed by atoms with Crippen molar-refractivity contribution >= 4 is 12.2 Å². The fourth-order valence-electron chi connectivity index (χ4n) is 1.72. The fourth-order valence-corrected chi connectivity index (χ4v) is 1.72. The van der Waals surface area contributed by atoms with Crippen LogP contribution in [-0.4, -0.2) is 27.4 Å². The van der Waals surface area contributed by atoms with Gasteiger partial charge in [0.2, 0.25) is 11.9 Å². The van der Waals surface area contributed by atoms with E-state index < -0.39 is 5.97 Å².